The molecule has 0 saturated carbocycles. The fourth-order valence-electron chi connectivity index (χ4n) is 3.42. The van der Waals surface area contributed by atoms with Crippen LogP contribution in [0.5, 0.6) is 0 Å². The number of benzene rings is 2. The van der Waals surface area contributed by atoms with Crippen molar-refractivity contribution in [2.24, 2.45) is 0 Å². The molecule has 2 amide bonds. The maximum Gasteiger partial charge on any atom is 0.257 e. The minimum Gasteiger partial charge on any atom is -0.326 e. The monoisotopic (exact) mass is 434 g/mol. The molecule has 1 aliphatic rings. The highest BCUT2D eigenvalue weighted by Gasteiger charge is 2.34. The van der Waals surface area contributed by atoms with Crippen molar-refractivity contribution in [2.45, 2.75) is 36.6 Å². The highest BCUT2D eigenvalue weighted by atomic mass is 32.2. The van der Waals surface area contributed by atoms with E-state index >= 15 is 0 Å². The molecule has 0 fully saturated rings. The minimum atomic E-state index is -0.904. The zero-order valence-corrected chi connectivity index (χ0v) is 17.8. The van der Waals surface area contributed by atoms with Crippen LogP contribution in [0.25, 0.3) is 0 Å². The molecule has 0 aliphatic carbocycles. The summed E-state index contributed by atoms with van der Waals surface area (Å²) >= 11 is 1.36. The highest BCUT2D eigenvalue weighted by molar-refractivity contribution is 7.98. The number of rotatable bonds is 6. The van der Waals surface area contributed by atoms with Gasteiger partial charge in [-0.25, -0.2) is 4.98 Å². The van der Waals surface area contributed by atoms with Crippen molar-refractivity contribution < 1.29 is 9.59 Å². The Hall–Kier alpha value is -3.39. The fourth-order valence-corrected chi connectivity index (χ4v) is 4.24. The summed E-state index contributed by atoms with van der Waals surface area (Å²) in [5.41, 5.74) is 2.63. The number of nitrogens with zero attached hydrogens (tertiary/aromatic N) is 1. The molecule has 8 heteroatoms. The second-order valence-corrected chi connectivity index (χ2v) is 8.22. The molecular weight excluding hydrogens is 412 g/mol. The van der Waals surface area contributed by atoms with E-state index in [1.807, 2.05) is 54.6 Å². The lowest BCUT2D eigenvalue weighted by molar-refractivity contribution is -0.123. The molecule has 0 saturated heterocycles. The summed E-state index contributed by atoms with van der Waals surface area (Å²) in [6.45, 7) is 2.05. The van der Waals surface area contributed by atoms with E-state index in [1.165, 1.54) is 11.8 Å². The molecule has 3 aromatic rings. The zero-order valence-electron chi connectivity index (χ0n) is 17.0. The van der Waals surface area contributed by atoms with Gasteiger partial charge in [0.15, 0.2) is 5.16 Å². The van der Waals surface area contributed by atoms with Crippen molar-refractivity contribution >= 4 is 35.1 Å². The lowest BCUT2D eigenvalue weighted by atomic mass is 9.92. The second kappa shape index (κ2) is 9.18. The molecule has 31 heavy (non-hydrogen) atoms. The van der Waals surface area contributed by atoms with Crippen molar-refractivity contribution in [3.8, 4) is 0 Å². The Morgan fingerprint density at radius 2 is 1.84 bits per heavy atom. The normalized spacial score (nSPS) is 15.1. The molecule has 4 rings (SSSR count). The van der Waals surface area contributed by atoms with E-state index < -0.39 is 17.4 Å². The van der Waals surface area contributed by atoms with E-state index in [9.17, 15) is 14.4 Å². The molecule has 158 valence electrons. The van der Waals surface area contributed by atoms with E-state index in [2.05, 4.69) is 27.5 Å². The molecule has 0 spiro atoms. The van der Waals surface area contributed by atoms with Crippen LogP contribution < -0.4 is 16.2 Å². The van der Waals surface area contributed by atoms with Crippen molar-refractivity contribution in [1.29, 1.82) is 0 Å². The summed E-state index contributed by atoms with van der Waals surface area (Å²) in [6, 6.07) is 17.3. The van der Waals surface area contributed by atoms with Gasteiger partial charge in [-0.05, 0) is 29.7 Å². The van der Waals surface area contributed by atoms with Gasteiger partial charge < -0.3 is 15.6 Å². The number of hydrogen-bond acceptors (Lipinski definition) is 5. The van der Waals surface area contributed by atoms with Crippen LogP contribution in [0, 0.1) is 0 Å². The van der Waals surface area contributed by atoms with Crippen LogP contribution in [0.15, 0.2) is 64.5 Å². The van der Waals surface area contributed by atoms with Crippen molar-refractivity contribution in [1.82, 2.24) is 9.97 Å². The van der Waals surface area contributed by atoms with Gasteiger partial charge in [-0.2, -0.15) is 0 Å². The first kappa shape index (κ1) is 20.9. The average molecular weight is 435 g/mol. The Morgan fingerprint density at radius 1 is 1.10 bits per heavy atom. The lowest BCUT2D eigenvalue weighted by Gasteiger charge is -2.23. The number of aryl methyl sites for hydroxylation is 1. The highest BCUT2D eigenvalue weighted by Crippen LogP contribution is 2.31. The minimum absolute atomic E-state index is 0.104. The Balaban J connectivity index is 1.55. The molecule has 0 unspecified atom stereocenters. The summed E-state index contributed by atoms with van der Waals surface area (Å²) in [5, 5.41) is 5.84. The van der Waals surface area contributed by atoms with E-state index in [0.29, 0.717) is 16.6 Å². The van der Waals surface area contributed by atoms with Crippen LogP contribution in [0.4, 0.5) is 11.5 Å². The molecular formula is C23H22N4O3S. The topological polar surface area (TPSA) is 104 Å². The van der Waals surface area contributed by atoms with Gasteiger partial charge in [-0.3, -0.25) is 14.4 Å². The number of nitrogens with one attached hydrogen (secondary N) is 3. The predicted molar refractivity (Wildman–Crippen MR) is 121 cm³/mol. The Morgan fingerprint density at radius 3 is 2.55 bits per heavy atom. The number of carbonyl (C=O) groups excluding carboxylic acids is 2. The Bertz CT molecular complexity index is 1160. The van der Waals surface area contributed by atoms with E-state index in [-0.39, 0.29) is 23.7 Å². The summed E-state index contributed by atoms with van der Waals surface area (Å²) in [7, 11) is 0. The number of anilines is 2. The number of amides is 2. The summed E-state index contributed by atoms with van der Waals surface area (Å²) in [4.78, 5) is 45.1. The number of thioether (sulfide) groups is 1. The third-order valence-corrected chi connectivity index (χ3v) is 6.04. The first-order chi connectivity index (χ1) is 15.0. The van der Waals surface area contributed by atoms with Crippen LogP contribution in [0.3, 0.4) is 0 Å². The molecule has 3 N–H and O–H groups in total. The molecule has 2 aromatic carbocycles. The van der Waals surface area contributed by atoms with Crippen LogP contribution in [-0.2, 0) is 21.8 Å². The van der Waals surface area contributed by atoms with Gasteiger partial charge in [0.25, 0.3) is 5.56 Å². The second-order valence-electron chi connectivity index (χ2n) is 7.25. The molecule has 0 bridgehead atoms. The number of aromatic amines is 1. The maximum absolute atomic E-state index is 12.9. The van der Waals surface area contributed by atoms with Crippen molar-refractivity contribution in [2.75, 3.05) is 10.6 Å². The SMILES string of the molecule is CCc1ccc(NC(=O)[C@H]2CC(=O)Nc3nc(SCc4ccccc4)[nH]c(=O)c32)cc1. The molecule has 1 aromatic heterocycles. The number of carbonyl (C=O) groups is 2. The number of fused-ring (bicyclic) bond motifs is 1. The molecule has 1 atom stereocenters. The van der Waals surface area contributed by atoms with Crippen LogP contribution in [0.1, 0.15) is 36.0 Å². The summed E-state index contributed by atoms with van der Waals surface area (Å²) < 4.78 is 0. The number of hydrogen-bond donors (Lipinski definition) is 3. The Kier molecular flexibility index (Phi) is 6.18. The standard InChI is InChI=1S/C23H22N4O3S/c1-2-14-8-10-16(11-9-14)24-21(29)17-12-18(28)25-20-19(17)22(30)27-23(26-20)31-13-15-6-4-3-5-7-15/h3-11,17H,2,12-13H2,1H3,(H,24,29)(H2,25,26,27,28,30)/t17-/m0/s1. The fraction of sp³-hybridized carbons (Fsp3) is 0.217. The number of aromatic nitrogens is 2. The van der Waals surface area contributed by atoms with Crippen LogP contribution in [-0.4, -0.2) is 21.8 Å². The molecule has 1 aliphatic heterocycles. The van der Waals surface area contributed by atoms with Gasteiger partial charge in [0, 0.05) is 17.9 Å². The molecule has 7 nitrogen and oxygen atoms in total. The van der Waals surface area contributed by atoms with Gasteiger partial charge in [-0.1, -0.05) is 61.2 Å². The zero-order chi connectivity index (χ0) is 21.8. The lowest BCUT2D eigenvalue weighted by Crippen LogP contribution is -2.36. The summed E-state index contributed by atoms with van der Waals surface area (Å²) in [6.07, 6.45) is 0.795. The van der Waals surface area contributed by atoms with Gasteiger partial charge in [-0.15, -0.1) is 0 Å². The van der Waals surface area contributed by atoms with Crippen LogP contribution in [0.2, 0.25) is 0 Å². The first-order valence-electron chi connectivity index (χ1n) is 10.0. The maximum atomic E-state index is 12.9. The van der Waals surface area contributed by atoms with E-state index in [1.54, 1.807) is 0 Å². The van der Waals surface area contributed by atoms with E-state index in [4.69, 9.17) is 0 Å². The van der Waals surface area contributed by atoms with Crippen molar-refractivity contribution in [3.63, 3.8) is 0 Å². The van der Waals surface area contributed by atoms with Gasteiger partial charge in [0.1, 0.15) is 5.82 Å². The first-order valence-corrected chi connectivity index (χ1v) is 11.0. The van der Waals surface area contributed by atoms with Crippen molar-refractivity contribution in [3.05, 3.63) is 81.6 Å². The van der Waals surface area contributed by atoms with Gasteiger partial charge in [0.2, 0.25) is 11.8 Å². The van der Waals surface area contributed by atoms with Gasteiger partial charge >= 0.3 is 0 Å². The number of H-pyrrole nitrogens is 1. The Labute approximate surface area is 183 Å². The predicted octanol–water partition coefficient (Wildman–Crippen LogP) is 3.69. The molecule has 0 radical (unpaired) electrons. The summed E-state index contributed by atoms with van der Waals surface area (Å²) in [5.74, 6) is -0.881. The average Bonchev–Trinajstić information content (AvgIpc) is 2.78. The van der Waals surface area contributed by atoms with E-state index in [0.717, 1.165) is 17.5 Å². The third kappa shape index (κ3) is 4.86. The molecule has 2 heterocycles. The largest absolute Gasteiger partial charge is 0.326 e. The van der Waals surface area contributed by atoms with Crippen LogP contribution >= 0.6 is 11.8 Å². The van der Waals surface area contributed by atoms with Gasteiger partial charge in [0.05, 0.1) is 11.5 Å². The smallest absolute Gasteiger partial charge is 0.257 e. The quantitative estimate of drug-likeness (QED) is 0.405. The third-order valence-electron chi connectivity index (χ3n) is 5.09.